The van der Waals surface area contributed by atoms with Gasteiger partial charge < -0.3 is 4.57 Å². The van der Waals surface area contributed by atoms with Crippen molar-refractivity contribution in [3.63, 3.8) is 0 Å². The Bertz CT molecular complexity index is 537. The van der Waals surface area contributed by atoms with E-state index in [0.29, 0.717) is 11.4 Å². The molecule has 0 aliphatic carbocycles. The monoisotopic (exact) mass is 232 g/mol. The third-order valence-electron chi connectivity index (χ3n) is 2.10. The molecule has 0 unspecified atom stereocenters. The van der Waals surface area contributed by atoms with Gasteiger partial charge in [0, 0.05) is 23.9 Å². The molecule has 2 aromatic heterocycles. The van der Waals surface area contributed by atoms with Crippen molar-refractivity contribution in [3.05, 3.63) is 56.9 Å². The van der Waals surface area contributed by atoms with E-state index in [1.165, 1.54) is 11.3 Å². The van der Waals surface area contributed by atoms with Gasteiger partial charge in [-0.05, 0) is 39.8 Å². The Morgan fingerprint density at radius 3 is 2.94 bits per heavy atom. The second kappa shape index (κ2) is 4.65. The van der Waals surface area contributed by atoms with E-state index in [1.54, 1.807) is 0 Å². The van der Waals surface area contributed by atoms with Gasteiger partial charge >= 0.3 is 0 Å². The SMILES string of the molecule is [N-]=[N+]=NC(=O)c1sccc1Cn1cccc1. The molecule has 16 heavy (non-hydrogen) atoms. The fraction of sp³-hybridized carbons (Fsp3) is 0.100. The van der Waals surface area contributed by atoms with Crippen LogP contribution in [-0.4, -0.2) is 10.5 Å². The smallest absolute Gasteiger partial charge is 0.259 e. The number of aromatic nitrogens is 1. The van der Waals surface area contributed by atoms with E-state index in [0.717, 1.165) is 5.56 Å². The lowest BCUT2D eigenvalue weighted by molar-refractivity contribution is 0.100. The van der Waals surface area contributed by atoms with Crippen LogP contribution >= 0.6 is 11.3 Å². The van der Waals surface area contributed by atoms with Crippen LogP contribution in [0.5, 0.6) is 0 Å². The van der Waals surface area contributed by atoms with Crippen LogP contribution in [0, 0.1) is 0 Å². The van der Waals surface area contributed by atoms with Crippen molar-refractivity contribution in [2.45, 2.75) is 6.54 Å². The number of hydrogen-bond donors (Lipinski definition) is 0. The van der Waals surface area contributed by atoms with E-state index < -0.39 is 5.91 Å². The summed E-state index contributed by atoms with van der Waals surface area (Å²) < 4.78 is 1.95. The maximum absolute atomic E-state index is 11.4. The Balaban J connectivity index is 2.26. The first-order chi connectivity index (χ1) is 7.81. The van der Waals surface area contributed by atoms with Gasteiger partial charge in [-0.25, -0.2) is 0 Å². The van der Waals surface area contributed by atoms with Crippen LogP contribution in [0.15, 0.2) is 41.1 Å². The van der Waals surface area contributed by atoms with E-state index in [-0.39, 0.29) is 0 Å². The second-order valence-electron chi connectivity index (χ2n) is 3.12. The normalized spacial score (nSPS) is 9.75. The van der Waals surface area contributed by atoms with Gasteiger partial charge in [-0.3, -0.25) is 4.79 Å². The highest BCUT2D eigenvalue weighted by molar-refractivity contribution is 7.12. The van der Waals surface area contributed by atoms with Crippen LogP contribution < -0.4 is 0 Å². The van der Waals surface area contributed by atoms with Crippen LogP contribution in [0.25, 0.3) is 10.4 Å². The van der Waals surface area contributed by atoms with Gasteiger partial charge in [0.25, 0.3) is 5.91 Å². The molecule has 0 aliphatic rings. The average Bonchev–Trinajstić information content (AvgIpc) is 2.90. The molecule has 0 bridgehead atoms. The Hall–Kier alpha value is -2.04. The van der Waals surface area contributed by atoms with E-state index in [1.807, 2.05) is 40.5 Å². The minimum atomic E-state index is -0.514. The molecule has 0 atom stereocenters. The first-order valence-corrected chi connectivity index (χ1v) is 5.46. The van der Waals surface area contributed by atoms with Crippen molar-refractivity contribution in [2.75, 3.05) is 0 Å². The van der Waals surface area contributed by atoms with E-state index in [2.05, 4.69) is 10.0 Å². The Kier molecular flexibility index (Phi) is 3.05. The summed E-state index contributed by atoms with van der Waals surface area (Å²) in [6, 6.07) is 5.70. The first kappa shape index (κ1) is 10.5. The lowest BCUT2D eigenvalue weighted by Crippen LogP contribution is -2.00. The molecular weight excluding hydrogens is 224 g/mol. The lowest BCUT2D eigenvalue weighted by atomic mass is 10.2. The Morgan fingerprint density at radius 1 is 1.50 bits per heavy atom. The van der Waals surface area contributed by atoms with Crippen LogP contribution in [-0.2, 0) is 6.54 Å². The number of carbonyl (C=O) groups is 1. The summed E-state index contributed by atoms with van der Waals surface area (Å²) >= 11 is 1.29. The number of hydrogen-bond acceptors (Lipinski definition) is 2. The quantitative estimate of drug-likeness (QED) is 0.455. The number of carbonyl (C=O) groups excluding carboxylic acids is 1. The molecule has 0 fully saturated rings. The highest BCUT2D eigenvalue weighted by atomic mass is 32.1. The summed E-state index contributed by atoms with van der Waals surface area (Å²) in [5, 5.41) is 4.92. The van der Waals surface area contributed by atoms with Gasteiger partial charge in [-0.2, -0.15) is 0 Å². The van der Waals surface area contributed by atoms with Crippen molar-refractivity contribution in [3.8, 4) is 0 Å². The summed E-state index contributed by atoms with van der Waals surface area (Å²) in [6.45, 7) is 0.610. The first-order valence-electron chi connectivity index (χ1n) is 4.58. The second-order valence-corrected chi connectivity index (χ2v) is 4.04. The molecule has 1 amide bonds. The number of amides is 1. The minimum absolute atomic E-state index is 0.506. The van der Waals surface area contributed by atoms with Gasteiger partial charge in [0.15, 0.2) is 0 Å². The number of rotatable bonds is 3. The molecule has 2 aromatic rings. The maximum atomic E-state index is 11.4. The third-order valence-corrected chi connectivity index (χ3v) is 3.04. The lowest BCUT2D eigenvalue weighted by Gasteiger charge is -2.02. The predicted molar refractivity (Wildman–Crippen MR) is 61.3 cm³/mol. The van der Waals surface area contributed by atoms with Gasteiger partial charge in [0.05, 0.1) is 4.88 Å². The molecule has 0 aromatic carbocycles. The van der Waals surface area contributed by atoms with Gasteiger partial charge in [-0.15, -0.1) is 11.3 Å². The minimum Gasteiger partial charge on any atom is -0.350 e. The zero-order valence-corrected chi connectivity index (χ0v) is 9.09. The molecule has 5 nitrogen and oxygen atoms in total. The van der Waals surface area contributed by atoms with Crippen LogP contribution in [0.2, 0.25) is 0 Å². The number of azide groups is 1. The molecule has 80 valence electrons. The maximum Gasteiger partial charge on any atom is 0.259 e. The molecule has 6 heteroatoms. The molecule has 2 rings (SSSR count). The average molecular weight is 232 g/mol. The molecule has 0 spiro atoms. The number of thiophene rings is 1. The summed E-state index contributed by atoms with van der Waals surface area (Å²) in [7, 11) is 0. The van der Waals surface area contributed by atoms with Crippen molar-refractivity contribution in [1.29, 1.82) is 0 Å². The van der Waals surface area contributed by atoms with Crippen molar-refractivity contribution in [1.82, 2.24) is 4.57 Å². The van der Waals surface area contributed by atoms with E-state index in [9.17, 15) is 4.79 Å². The standard InChI is InChI=1S/C10H8N4OS/c11-13-12-10(15)9-8(3-6-16-9)7-14-4-1-2-5-14/h1-6H,7H2. The molecular formula is C10H8N4OS. The third kappa shape index (κ3) is 2.13. The fourth-order valence-corrected chi connectivity index (χ4v) is 2.20. The Labute approximate surface area is 95.6 Å². The molecule has 0 N–H and O–H groups in total. The molecule has 2 heterocycles. The molecule has 0 saturated heterocycles. The highest BCUT2D eigenvalue weighted by Gasteiger charge is 2.11. The van der Waals surface area contributed by atoms with Gasteiger partial charge in [-0.1, -0.05) is 0 Å². The highest BCUT2D eigenvalue weighted by Crippen LogP contribution is 2.19. The van der Waals surface area contributed by atoms with Crippen LogP contribution in [0.1, 0.15) is 15.2 Å². The number of nitrogens with zero attached hydrogens (tertiary/aromatic N) is 4. The summed E-state index contributed by atoms with van der Waals surface area (Å²) in [4.78, 5) is 14.4. The fourth-order valence-electron chi connectivity index (χ4n) is 1.41. The summed E-state index contributed by atoms with van der Waals surface area (Å²) in [6.07, 6.45) is 3.83. The molecule has 0 aliphatic heterocycles. The largest absolute Gasteiger partial charge is 0.350 e. The van der Waals surface area contributed by atoms with Gasteiger partial charge in [0.2, 0.25) is 0 Å². The van der Waals surface area contributed by atoms with Gasteiger partial charge in [0.1, 0.15) is 0 Å². The molecule has 0 saturated carbocycles. The van der Waals surface area contributed by atoms with Crippen LogP contribution in [0.3, 0.4) is 0 Å². The van der Waals surface area contributed by atoms with Crippen LogP contribution in [0.4, 0.5) is 0 Å². The van der Waals surface area contributed by atoms with Crippen molar-refractivity contribution >= 4 is 17.2 Å². The predicted octanol–water partition coefficient (Wildman–Crippen LogP) is 3.05. The zero-order chi connectivity index (χ0) is 11.4. The summed E-state index contributed by atoms with van der Waals surface area (Å²) in [5.74, 6) is -0.514. The zero-order valence-electron chi connectivity index (χ0n) is 8.28. The topological polar surface area (TPSA) is 70.8 Å². The summed E-state index contributed by atoms with van der Waals surface area (Å²) in [5.41, 5.74) is 9.09. The van der Waals surface area contributed by atoms with E-state index in [4.69, 9.17) is 5.53 Å². The van der Waals surface area contributed by atoms with Crippen molar-refractivity contribution in [2.24, 2.45) is 5.11 Å². The Morgan fingerprint density at radius 2 is 2.25 bits per heavy atom. The van der Waals surface area contributed by atoms with Crippen molar-refractivity contribution < 1.29 is 4.79 Å². The van der Waals surface area contributed by atoms with E-state index >= 15 is 0 Å². The molecule has 0 radical (unpaired) electrons.